The Morgan fingerprint density at radius 1 is 0.867 bits per heavy atom. The van der Waals surface area contributed by atoms with Crippen molar-refractivity contribution in [3.05, 3.63) is 83.4 Å². The molecule has 0 bridgehead atoms. The van der Waals surface area contributed by atoms with E-state index in [0.717, 1.165) is 29.5 Å². The lowest BCUT2D eigenvalue weighted by Gasteiger charge is -2.16. The zero-order chi connectivity index (χ0) is 22.4. The van der Waals surface area contributed by atoms with Crippen LogP contribution < -0.4 is 11.5 Å². The zero-order valence-electron chi connectivity index (χ0n) is 17.6. The van der Waals surface area contributed by atoms with Gasteiger partial charge in [-0.1, -0.05) is 42.5 Å². The molecule has 0 saturated heterocycles. The summed E-state index contributed by atoms with van der Waals surface area (Å²) in [6, 6.07) is 21.5. The number of anilines is 1. The second kappa shape index (κ2) is 13.9. The van der Waals surface area contributed by atoms with Crippen molar-refractivity contribution in [2.24, 2.45) is 5.73 Å². The second-order valence-corrected chi connectivity index (χ2v) is 6.64. The number of hydrogen-bond acceptors (Lipinski definition) is 5. The fourth-order valence-corrected chi connectivity index (χ4v) is 3.34. The van der Waals surface area contributed by atoms with Crippen LogP contribution in [0.15, 0.2) is 66.7 Å². The highest BCUT2D eigenvalue weighted by atomic mass is 16.3. The third-order valence-electron chi connectivity index (χ3n) is 4.80. The van der Waals surface area contributed by atoms with Gasteiger partial charge in [-0.2, -0.15) is 0 Å². The fourth-order valence-electron chi connectivity index (χ4n) is 3.34. The van der Waals surface area contributed by atoms with Crippen LogP contribution >= 0.6 is 0 Å². The third kappa shape index (κ3) is 7.35. The van der Waals surface area contributed by atoms with Gasteiger partial charge in [0.15, 0.2) is 0 Å². The van der Waals surface area contributed by atoms with Crippen LogP contribution in [0, 0.1) is 0 Å². The van der Waals surface area contributed by atoms with Gasteiger partial charge in [-0.25, -0.2) is 0 Å². The monoisotopic (exact) mass is 408 g/mol. The number of fused-ring (bicyclic) bond motifs is 1. The molecule has 0 atom stereocenters. The highest BCUT2D eigenvalue weighted by Crippen LogP contribution is 2.25. The number of nitrogen functional groups attached to an aromatic ring is 1. The Morgan fingerprint density at radius 3 is 2.13 bits per heavy atom. The van der Waals surface area contributed by atoms with Crippen molar-refractivity contribution in [3.8, 4) is 16.9 Å². The first-order valence-corrected chi connectivity index (χ1v) is 9.85. The van der Waals surface area contributed by atoms with E-state index in [0.29, 0.717) is 6.54 Å². The zero-order valence-corrected chi connectivity index (χ0v) is 17.6. The average molecular weight is 409 g/mol. The van der Waals surface area contributed by atoms with Crippen LogP contribution in [0.25, 0.3) is 11.1 Å². The number of aromatic hydroxyl groups is 1. The summed E-state index contributed by atoms with van der Waals surface area (Å²) in [5, 5.41) is 16.2. The van der Waals surface area contributed by atoms with Gasteiger partial charge in [0.25, 0.3) is 0 Å². The van der Waals surface area contributed by atoms with Crippen LogP contribution in [-0.2, 0) is 24.2 Å². The van der Waals surface area contributed by atoms with Crippen LogP contribution in [0.3, 0.4) is 0 Å². The first-order valence-electron chi connectivity index (χ1n) is 9.85. The molecule has 0 heterocycles. The predicted octanol–water partition coefficient (Wildman–Crippen LogP) is 4.09. The summed E-state index contributed by atoms with van der Waals surface area (Å²) >= 11 is 0. The Labute approximate surface area is 179 Å². The van der Waals surface area contributed by atoms with Crippen molar-refractivity contribution in [1.82, 2.24) is 0 Å². The van der Waals surface area contributed by atoms with Crippen molar-refractivity contribution in [3.63, 3.8) is 0 Å². The Bertz CT molecular complexity index is 880. The van der Waals surface area contributed by atoms with E-state index < -0.39 is 0 Å². The Hall–Kier alpha value is -3.15. The Kier molecular flexibility index (Phi) is 11.6. The van der Waals surface area contributed by atoms with Crippen molar-refractivity contribution in [2.45, 2.75) is 32.2 Å². The van der Waals surface area contributed by atoms with E-state index in [2.05, 4.69) is 18.2 Å². The minimum atomic E-state index is 0.286. The summed E-state index contributed by atoms with van der Waals surface area (Å²) in [6.07, 6.45) is 5.04. The number of aliphatic hydroxyl groups is 1. The van der Waals surface area contributed by atoms with Gasteiger partial charge in [-0.3, -0.25) is 0 Å². The number of rotatable bonds is 2. The van der Waals surface area contributed by atoms with Crippen LogP contribution in [0.5, 0.6) is 5.75 Å². The molecule has 0 radical (unpaired) electrons. The largest absolute Gasteiger partial charge is 0.508 e. The van der Waals surface area contributed by atoms with Crippen molar-refractivity contribution >= 4 is 12.5 Å². The quantitative estimate of drug-likeness (QED) is 0.478. The number of benzene rings is 3. The summed E-state index contributed by atoms with van der Waals surface area (Å²) < 4.78 is 0. The van der Waals surface area contributed by atoms with Gasteiger partial charge < -0.3 is 26.5 Å². The molecule has 30 heavy (non-hydrogen) atoms. The first kappa shape index (κ1) is 24.9. The molecule has 5 heteroatoms. The van der Waals surface area contributed by atoms with Gasteiger partial charge in [0.2, 0.25) is 0 Å². The minimum Gasteiger partial charge on any atom is -0.508 e. The number of phenols is 1. The molecule has 3 aromatic rings. The van der Waals surface area contributed by atoms with Gasteiger partial charge in [-0.05, 0) is 77.8 Å². The van der Waals surface area contributed by atoms with Crippen molar-refractivity contribution in [2.75, 3.05) is 12.8 Å². The molecule has 1 aliphatic carbocycles. The highest BCUT2D eigenvalue weighted by molar-refractivity contribution is 5.64. The normalized spacial score (nSPS) is 11.3. The summed E-state index contributed by atoms with van der Waals surface area (Å²) in [7, 11) is 1.00. The average Bonchev–Trinajstić information content (AvgIpc) is 2.83. The summed E-state index contributed by atoms with van der Waals surface area (Å²) in [5.41, 5.74) is 18.6. The number of hydrogen-bond donors (Lipinski definition) is 4. The van der Waals surface area contributed by atoms with E-state index in [1.165, 1.54) is 36.8 Å². The molecule has 0 aromatic heterocycles. The Morgan fingerprint density at radius 2 is 1.50 bits per heavy atom. The molecule has 6 N–H and O–H groups in total. The SMILES string of the molecule is C=O.CO.NCc1cccc(-c2ccc(O)cc2)c1.Nc1cccc2c1CCCC2. The summed E-state index contributed by atoms with van der Waals surface area (Å²) in [5.74, 6) is 0.286. The van der Waals surface area contributed by atoms with Gasteiger partial charge >= 0.3 is 0 Å². The smallest absolute Gasteiger partial charge is 0.115 e. The molecule has 5 nitrogen and oxygen atoms in total. The molecular formula is C25H32N2O3. The molecule has 160 valence electrons. The second-order valence-electron chi connectivity index (χ2n) is 6.64. The van der Waals surface area contributed by atoms with E-state index >= 15 is 0 Å². The minimum absolute atomic E-state index is 0.286. The number of nitrogens with two attached hydrogens (primary N) is 2. The summed E-state index contributed by atoms with van der Waals surface area (Å²) in [4.78, 5) is 8.00. The lowest BCUT2D eigenvalue weighted by Crippen LogP contribution is -2.05. The van der Waals surface area contributed by atoms with Crippen LogP contribution in [0.4, 0.5) is 5.69 Å². The molecule has 4 rings (SSSR count). The van der Waals surface area contributed by atoms with E-state index in [-0.39, 0.29) is 5.75 Å². The maximum atomic E-state index is 9.18. The molecular weight excluding hydrogens is 376 g/mol. The lowest BCUT2D eigenvalue weighted by atomic mass is 9.91. The number of carbonyl (C=O) groups excluding carboxylic acids is 1. The molecule has 0 unspecified atom stereocenters. The molecule has 1 aliphatic rings. The number of carbonyl (C=O) groups is 1. The van der Waals surface area contributed by atoms with Gasteiger partial charge in [-0.15, -0.1) is 0 Å². The fraction of sp³-hybridized carbons (Fsp3) is 0.240. The molecule has 0 fully saturated rings. The van der Waals surface area contributed by atoms with E-state index in [4.69, 9.17) is 21.4 Å². The first-order chi connectivity index (χ1) is 14.7. The number of aryl methyl sites for hydroxylation is 1. The standard InChI is InChI=1S/C13H13NO.C10H13N.CH4O.CH2O/c14-9-10-2-1-3-12(8-10)11-4-6-13(15)7-5-11;11-10-7-3-5-8-4-1-2-6-9(8)10;2*1-2/h1-8,15H,9,14H2;3,5,7H,1-2,4,6,11H2;2H,1H3;1H2. The lowest BCUT2D eigenvalue weighted by molar-refractivity contribution is -0.0979. The van der Waals surface area contributed by atoms with E-state index in [1.807, 2.05) is 43.2 Å². The highest BCUT2D eigenvalue weighted by Gasteiger charge is 2.10. The molecule has 3 aromatic carbocycles. The molecule has 0 saturated carbocycles. The summed E-state index contributed by atoms with van der Waals surface area (Å²) in [6.45, 7) is 2.55. The topological polar surface area (TPSA) is 110 Å². The van der Waals surface area contributed by atoms with Gasteiger partial charge in [0, 0.05) is 19.3 Å². The molecule has 0 amide bonds. The molecule has 0 spiro atoms. The van der Waals surface area contributed by atoms with Gasteiger partial charge in [0.05, 0.1) is 0 Å². The number of phenolic OH excluding ortho intramolecular Hbond substituents is 1. The maximum Gasteiger partial charge on any atom is 0.115 e. The third-order valence-corrected chi connectivity index (χ3v) is 4.80. The van der Waals surface area contributed by atoms with E-state index in [1.54, 1.807) is 12.1 Å². The van der Waals surface area contributed by atoms with Crippen LogP contribution in [0.1, 0.15) is 29.5 Å². The number of aliphatic hydroxyl groups excluding tert-OH is 1. The molecule has 0 aliphatic heterocycles. The maximum absolute atomic E-state index is 9.18. The Balaban J connectivity index is 0.000000265. The van der Waals surface area contributed by atoms with Gasteiger partial charge in [0.1, 0.15) is 12.5 Å². The van der Waals surface area contributed by atoms with E-state index in [9.17, 15) is 5.11 Å². The van der Waals surface area contributed by atoms with Crippen LogP contribution in [-0.4, -0.2) is 24.1 Å². The van der Waals surface area contributed by atoms with Crippen LogP contribution in [0.2, 0.25) is 0 Å². The van der Waals surface area contributed by atoms with Crippen molar-refractivity contribution in [1.29, 1.82) is 0 Å². The van der Waals surface area contributed by atoms with Crippen molar-refractivity contribution < 1.29 is 15.0 Å². The predicted molar refractivity (Wildman–Crippen MR) is 124 cm³/mol.